The molecule has 0 aromatic carbocycles. The second kappa shape index (κ2) is 5.41. The van der Waals surface area contributed by atoms with Crippen LogP contribution in [0.2, 0.25) is 0 Å². The van der Waals surface area contributed by atoms with Gasteiger partial charge in [0, 0.05) is 32.2 Å². The minimum absolute atomic E-state index is 0.0335. The van der Waals surface area contributed by atoms with E-state index in [2.05, 4.69) is 20.3 Å². The minimum Gasteiger partial charge on any atom is -0.348 e. The molecule has 0 atom stereocenters. The first-order chi connectivity index (χ1) is 10.1. The van der Waals surface area contributed by atoms with Crippen LogP contribution in [0, 0.1) is 17.0 Å². The van der Waals surface area contributed by atoms with Crippen LogP contribution in [0.15, 0.2) is 0 Å². The Kier molecular flexibility index (Phi) is 3.60. The fraction of sp³-hybridized carbons (Fsp3) is 0.667. The van der Waals surface area contributed by atoms with Gasteiger partial charge in [0.2, 0.25) is 11.8 Å². The van der Waals surface area contributed by atoms with Crippen molar-refractivity contribution in [3.63, 3.8) is 0 Å². The Morgan fingerprint density at radius 2 is 1.95 bits per heavy atom. The van der Waals surface area contributed by atoms with Crippen LogP contribution >= 0.6 is 0 Å². The molecule has 2 fully saturated rings. The van der Waals surface area contributed by atoms with E-state index in [0.717, 1.165) is 32.2 Å². The highest BCUT2D eigenvalue weighted by molar-refractivity contribution is 5.62. The molecule has 0 bridgehead atoms. The van der Waals surface area contributed by atoms with E-state index in [-0.39, 0.29) is 11.6 Å². The molecule has 2 aliphatic rings. The van der Waals surface area contributed by atoms with Crippen molar-refractivity contribution in [3.05, 3.63) is 15.8 Å². The van der Waals surface area contributed by atoms with Crippen LogP contribution < -0.4 is 16.2 Å². The van der Waals surface area contributed by atoms with Gasteiger partial charge in [-0.1, -0.05) is 0 Å². The highest BCUT2D eigenvalue weighted by Crippen LogP contribution is 2.32. The van der Waals surface area contributed by atoms with E-state index in [9.17, 15) is 10.1 Å². The number of nitrogen functional groups attached to an aromatic ring is 1. The van der Waals surface area contributed by atoms with E-state index < -0.39 is 4.92 Å². The smallest absolute Gasteiger partial charge is 0.332 e. The molecule has 0 radical (unpaired) electrons. The SMILES string of the molecule is Cc1nc(NN)nc(N2CCN(C3CC3)CC2)c1[N+](=O)[O-]. The molecule has 1 aromatic rings. The predicted molar refractivity (Wildman–Crippen MR) is 78.0 cm³/mol. The van der Waals surface area contributed by atoms with E-state index in [1.54, 1.807) is 6.92 Å². The summed E-state index contributed by atoms with van der Waals surface area (Å²) in [6.45, 7) is 4.90. The lowest BCUT2D eigenvalue weighted by atomic mass is 10.2. The van der Waals surface area contributed by atoms with Crippen LogP contribution in [0.25, 0.3) is 0 Å². The van der Waals surface area contributed by atoms with Gasteiger partial charge >= 0.3 is 5.69 Å². The van der Waals surface area contributed by atoms with Gasteiger partial charge in [-0.05, 0) is 19.8 Å². The zero-order valence-electron chi connectivity index (χ0n) is 11.9. The molecule has 114 valence electrons. The number of hydrogen-bond donors (Lipinski definition) is 2. The summed E-state index contributed by atoms with van der Waals surface area (Å²) in [5.41, 5.74) is 2.66. The summed E-state index contributed by atoms with van der Waals surface area (Å²) in [4.78, 5) is 23.5. The third-order valence-electron chi connectivity index (χ3n) is 4.03. The average molecular weight is 293 g/mol. The van der Waals surface area contributed by atoms with Gasteiger partial charge in [-0.25, -0.2) is 10.8 Å². The molecule has 0 spiro atoms. The number of hydrazine groups is 1. The Hall–Kier alpha value is -2.00. The average Bonchev–Trinajstić information content (AvgIpc) is 3.30. The zero-order chi connectivity index (χ0) is 15.0. The van der Waals surface area contributed by atoms with Crippen molar-refractivity contribution in [2.45, 2.75) is 25.8 Å². The topological polar surface area (TPSA) is 113 Å². The number of piperazine rings is 1. The molecule has 0 amide bonds. The van der Waals surface area contributed by atoms with Gasteiger partial charge < -0.3 is 4.90 Å². The van der Waals surface area contributed by atoms with Crippen LogP contribution in [0.4, 0.5) is 17.5 Å². The van der Waals surface area contributed by atoms with Crippen molar-refractivity contribution in [1.82, 2.24) is 14.9 Å². The molecule has 1 aromatic heterocycles. The molecule has 3 rings (SSSR count). The Balaban J connectivity index is 1.86. The van der Waals surface area contributed by atoms with E-state index in [1.165, 1.54) is 12.8 Å². The number of aryl methyl sites for hydroxylation is 1. The summed E-state index contributed by atoms with van der Waals surface area (Å²) in [5, 5.41) is 11.3. The lowest BCUT2D eigenvalue weighted by molar-refractivity contribution is -0.385. The van der Waals surface area contributed by atoms with Gasteiger partial charge in [0.25, 0.3) is 0 Å². The molecule has 1 aliphatic carbocycles. The molecular formula is C12H19N7O2. The molecule has 1 saturated carbocycles. The van der Waals surface area contributed by atoms with Gasteiger partial charge in [-0.3, -0.25) is 20.4 Å². The summed E-state index contributed by atoms with van der Waals surface area (Å²) >= 11 is 0. The van der Waals surface area contributed by atoms with Crippen LogP contribution in [-0.4, -0.2) is 52.0 Å². The van der Waals surface area contributed by atoms with Crippen molar-refractivity contribution in [2.75, 3.05) is 36.5 Å². The molecule has 1 saturated heterocycles. The normalized spacial score (nSPS) is 19.6. The van der Waals surface area contributed by atoms with Crippen molar-refractivity contribution in [2.24, 2.45) is 5.84 Å². The van der Waals surface area contributed by atoms with Gasteiger partial charge in [0.05, 0.1) is 4.92 Å². The van der Waals surface area contributed by atoms with Crippen LogP contribution in [0.1, 0.15) is 18.5 Å². The lowest BCUT2D eigenvalue weighted by Gasteiger charge is -2.35. The summed E-state index contributed by atoms with van der Waals surface area (Å²) in [6, 6.07) is 0.718. The Bertz CT molecular complexity index is 553. The van der Waals surface area contributed by atoms with Gasteiger partial charge in [0.15, 0.2) is 0 Å². The molecule has 1 aliphatic heterocycles. The summed E-state index contributed by atoms with van der Waals surface area (Å²) in [7, 11) is 0. The summed E-state index contributed by atoms with van der Waals surface area (Å²) in [6.07, 6.45) is 2.54. The number of nitrogens with one attached hydrogen (secondary N) is 1. The monoisotopic (exact) mass is 293 g/mol. The maximum Gasteiger partial charge on any atom is 0.332 e. The van der Waals surface area contributed by atoms with Gasteiger partial charge in [-0.15, -0.1) is 0 Å². The minimum atomic E-state index is -0.418. The van der Waals surface area contributed by atoms with Crippen LogP contribution in [0.3, 0.4) is 0 Å². The number of nitrogens with zero attached hydrogens (tertiary/aromatic N) is 5. The maximum atomic E-state index is 11.3. The highest BCUT2D eigenvalue weighted by Gasteiger charge is 2.34. The van der Waals surface area contributed by atoms with Crippen molar-refractivity contribution >= 4 is 17.5 Å². The highest BCUT2D eigenvalue weighted by atomic mass is 16.6. The quantitative estimate of drug-likeness (QED) is 0.462. The second-order valence-electron chi connectivity index (χ2n) is 5.46. The number of nitro groups is 1. The number of nitrogens with two attached hydrogens (primary N) is 1. The molecule has 9 nitrogen and oxygen atoms in total. The number of hydrogen-bond acceptors (Lipinski definition) is 8. The largest absolute Gasteiger partial charge is 0.348 e. The van der Waals surface area contributed by atoms with E-state index in [0.29, 0.717) is 11.5 Å². The summed E-state index contributed by atoms with van der Waals surface area (Å²) in [5.74, 6) is 5.91. The Morgan fingerprint density at radius 1 is 1.29 bits per heavy atom. The third-order valence-corrected chi connectivity index (χ3v) is 4.03. The van der Waals surface area contributed by atoms with Crippen molar-refractivity contribution in [3.8, 4) is 0 Å². The molecule has 9 heteroatoms. The standard InChI is InChI=1S/C12H19N7O2/c1-8-10(19(20)21)11(15-12(14-8)16-13)18-6-4-17(5-7-18)9-2-3-9/h9H,2-7,13H2,1H3,(H,14,15,16). The summed E-state index contributed by atoms with van der Waals surface area (Å²) < 4.78 is 0. The predicted octanol–water partition coefficient (Wildman–Crippen LogP) is 0.263. The second-order valence-corrected chi connectivity index (χ2v) is 5.46. The first kappa shape index (κ1) is 14.0. The number of aromatic nitrogens is 2. The maximum absolute atomic E-state index is 11.3. The van der Waals surface area contributed by atoms with Gasteiger partial charge in [0.1, 0.15) is 5.69 Å². The van der Waals surface area contributed by atoms with Crippen molar-refractivity contribution in [1.29, 1.82) is 0 Å². The van der Waals surface area contributed by atoms with Gasteiger partial charge in [-0.2, -0.15) is 4.98 Å². The third kappa shape index (κ3) is 2.74. The van der Waals surface area contributed by atoms with Crippen molar-refractivity contribution < 1.29 is 4.92 Å². The molecule has 21 heavy (non-hydrogen) atoms. The molecule has 0 unspecified atom stereocenters. The number of rotatable bonds is 4. The lowest BCUT2D eigenvalue weighted by Crippen LogP contribution is -2.47. The van der Waals surface area contributed by atoms with E-state index in [4.69, 9.17) is 5.84 Å². The molecule has 3 N–H and O–H groups in total. The van der Waals surface area contributed by atoms with Crippen LogP contribution in [-0.2, 0) is 0 Å². The van der Waals surface area contributed by atoms with Crippen LogP contribution in [0.5, 0.6) is 0 Å². The van der Waals surface area contributed by atoms with E-state index >= 15 is 0 Å². The Labute approximate surface area is 122 Å². The molecular weight excluding hydrogens is 274 g/mol. The number of anilines is 2. The first-order valence-corrected chi connectivity index (χ1v) is 7.09. The first-order valence-electron chi connectivity index (χ1n) is 7.09. The molecule has 2 heterocycles. The zero-order valence-corrected chi connectivity index (χ0v) is 11.9. The van der Waals surface area contributed by atoms with E-state index in [1.807, 2.05) is 4.90 Å². The Morgan fingerprint density at radius 3 is 2.48 bits per heavy atom. The fourth-order valence-electron chi connectivity index (χ4n) is 2.79. The fourth-order valence-corrected chi connectivity index (χ4v) is 2.79.